The Morgan fingerprint density at radius 3 is 2.25 bits per heavy atom. The van der Waals surface area contributed by atoms with E-state index in [4.69, 9.17) is 10.4 Å². The predicted molar refractivity (Wildman–Crippen MR) is 51.9 cm³/mol. The molecule has 0 aromatic heterocycles. The van der Waals surface area contributed by atoms with Crippen molar-refractivity contribution >= 4 is 29.5 Å². The van der Waals surface area contributed by atoms with Crippen LogP contribution in [0.25, 0.3) is 0 Å². The van der Waals surface area contributed by atoms with E-state index in [0.29, 0.717) is 5.57 Å². The normalized spacial score (nSPS) is 8.75. The van der Waals surface area contributed by atoms with E-state index in [9.17, 15) is 4.79 Å². The highest BCUT2D eigenvalue weighted by Gasteiger charge is 2.08. The largest absolute Gasteiger partial charge is 0.481 e. The molecule has 66 valence electrons. The van der Waals surface area contributed by atoms with Crippen LogP contribution in [0, 0.1) is 11.3 Å². The summed E-state index contributed by atoms with van der Waals surface area (Å²) in [5.74, 6) is -0.966. The summed E-state index contributed by atoms with van der Waals surface area (Å²) in [6.07, 6.45) is 3.46. The van der Waals surface area contributed by atoms with E-state index >= 15 is 0 Å². The standard InChI is InChI=1S/C7H9NO2S2/c1-11-7(12-2)5(4-8)3-6(9)10/h3H2,1-2H3,(H,9,10). The summed E-state index contributed by atoms with van der Waals surface area (Å²) in [6, 6.07) is 1.89. The second kappa shape index (κ2) is 5.98. The first-order valence-corrected chi connectivity index (χ1v) is 5.53. The predicted octanol–water partition coefficient (Wildman–Crippen LogP) is 1.92. The van der Waals surface area contributed by atoms with Crippen molar-refractivity contribution in [2.75, 3.05) is 12.5 Å². The smallest absolute Gasteiger partial charge is 0.308 e. The molecule has 12 heavy (non-hydrogen) atoms. The molecule has 0 unspecified atom stereocenters. The fourth-order valence-corrected chi connectivity index (χ4v) is 2.03. The molecule has 5 heteroatoms. The van der Waals surface area contributed by atoms with Crippen molar-refractivity contribution in [3.05, 3.63) is 9.81 Å². The highest BCUT2D eigenvalue weighted by molar-refractivity contribution is 8.21. The van der Waals surface area contributed by atoms with Crippen molar-refractivity contribution in [3.63, 3.8) is 0 Å². The highest BCUT2D eigenvalue weighted by atomic mass is 32.2. The van der Waals surface area contributed by atoms with E-state index in [0.717, 1.165) is 4.24 Å². The molecule has 0 spiro atoms. The van der Waals surface area contributed by atoms with Gasteiger partial charge in [0.05, 0.1) is 22.3 Å². The van der Waals surface area contributed by atoms with Crippen molar-refractivity contribution in [1.29, 1.82) is 5.26 Å². The van der Waals surface area contributed by atoms with Crippen LogP contribution < -0.4 is 0 Å². The van der Waals surface area contributed by atoms with Crippen LogP contribution in [0.15, 0.2) is 9.81 Å². The number of carbonyl (C=O) groups is 1. The number of hydrogen-bond acceptors (Lipinski definition) is 4. The van der Waals surface area contributed by atoms with Crippen LogP contribution in [0.4, 0.5) is 0 Å². The molecule has 0 aromatic carbocycles. The van der Waals surface area contributed by atoms with Gasteiger partial charge in [-0.25, -0.2) is 0 Å². The second-order valence-corrected chi connectivity index (χ2v) is 3.75. The molecular formula is C7H9NO2S2. The number of nitrogens with zero attached hydrogens (tertiary/aromatic N) is 1. The van der Waals surface area contributed by atoms with Crippen molar-refractivity contribution in [1.82, 2.24) is 0 Å². The number of aliphatic carboxylic acids is 1. The van der Waals surface area contributed by atoms with Crippen LogP contribution >= 0.6 is 23.5 Å². The topological polar surface area (TPSA) is 61.1 Å². The Kier molecular flexibility index (Phi) is 5.68. The van der Waals surface area contributed by atoms with Gasteiger partial charge in [-0.2, -0.15) is 5.26 Å². The Morgan fingerprint density at radius 2 is 2.00 bits per heavy atom. The van der Waals surface area contributed by atoms with E-state index in [1.54, 1.807) is 0 Å². The van der Waals surface area contributed by atoms with Gasteiger partial charge < -0.3 is 5.11 Å². The highest BCUT2D eigenvalue weighted by Crippen LogP contribution is 2.28. The van der Waals surface area contributed by atoms with Crippen LogP contribution in [-0.2, 0) is 4.79 Å². The van der Waals surface area contributed by atoms with Crippen molar-refractivity contribution in [2.24, 2.45) is 0 Å². The van der Waals surface area contributed by atoms with Crippen LogP contribution in [0.3, 0.4) is 0 Å². The molecule has 0 heterocycles. The zero-order valence-corrected chi connectivity index (χ0v) is 8.46. The van der Waals surface area contributed by atoms with Gasteiger partial charge in [0.1, 0.15) is 0 Å². The molecular weight excluding hydrogens is 194 g/mol. The van der Waals surface area contributed by atoms with Gasteiger partial charge in [-0.1, -0.05) is 0 Å². The SMILES string of the molecule is CSC(SC)=C(C#N)CC(=O)O. The fourth-order valence-electron chi connectivity index (χ4n) is 0.638. The molecule has 0 aliphatic rings. The average Bonchev–Trinajstić information content (AvgIpc) is 2.04. The lowest BCUT2D eigenvalue weighted by Crippen LogP contribution is -1.97. The summed E-state index contributed by atoms with van der Waals surface area (Å²) in [4.78, 5) is 10.3. The molecule has 0 aromatic rings. The minimum atomic E-state index is -0.966. The molecule has 0 radical (unpaired) electrons. The molecule has 0 amide bonds. The molecule has 0 fully saturated rings. The van der Waals surface area contributed by atoms with E-state index < -0.39 is 5.97 Å². The molecule has 0 saturated carbocycles. The molecule has 0 atom stereocenters. The third-order valence-electron chi connectivity index (χ3n) is 1.08. The summed E-state index contributed by atoms with van der Waals surface area (Å²) >= 11 is 2.80. The number of carboxylic acid groups (broad SMARTS) is 1. The molecule has 0 saturated heterocycles. The van der Waals surface area contributed by atoms with Gasteiger partial charge in [0.25, 0.3) is 0 Å². The number of hydrogen-bond donors (Lipinski definition) is 1. The van der Waals surface area contributed by atoms with Gasteiger partial charge >= 0.3 is 5.97 Å². The van der Waals surface area contributed by atoms with E-state index in [-0.39, 0.29) is 6.42 Å². The lowest BCUT2D eigenvalue weighted by molar-refractivity contribution is -0.136. The lowest BCUT2D eigenvalue weighted by Gasteiger charge is -2.01. The summed E-state index contributed by atoms with van der Waals surface area (Å²) in [6.45, 7) is 0. The number of carboxylic acids is 1. The van der Waals surface area contributed by atoms with E-state index in [2.05, 4.69) is 0 Å². The summed E-state index contributed by atoms with van der Waals surface area (Å²) < 4.78 is 0.778. The van der Waals surface area contributed by atoms with Crippen LogP contribution in [0.2, 0.25) is 0 Å². The number of rotatable bonds is 4. The molecule has 1 N–H and O–H groups in total. The average molecular weight is 203 g/mol. The Hall–Kier alpha value is -0.600. The lowest BCUT2D eigenvalue weighted by atomic mass is 10.2. The first kappa shape index (κ1) is 11.4. The minimum Gasteiger partial charge on any atom is -0.481 e. The third kappa shape index (κ3) is 3.69. The van der Waals surface area contributed by atoms with Crippen molar-refractivity contribution < 1.29 is 9.90 Å². The third-order valence-corrected chi connectivity index (χ3v) is 3.31. The molecule has 0 rings (SSSR count). The Bertz CT molecular complexity index is 236. The monoisotopic (exact) mass is 203 g/mol. The Balaban J connectivity index is 4.61. The quantitative estimate of drug-likeness (QED) is 0.707. The van der Waals surface area contributed by atoms with Gasteiger partial charge in [0.15, 0.2) is 0 Å². The Morgan fingerprint density at radius 1 is 1.50 bits per heavy atom. The maximum atomic E-state index is 10.3. The van der Waals surface area contributed by atoms with E-state index in [1.807, 2.05) is 18.6 Å². The van der Waals surface area contributed by atoms with Crippen molar-refractivity contribution in [3.8, 4) is 6.07 Å². The van der Waals surface area contributed by atoms with Gasteiger partial charge in [0.2, 0.25) is 0 Å². The van der Waals surface area contributed by atoms with Gasteiger partial charge in [-0.3, -0.25) is 4.79 Å². The molecule has 0 aliphatic carbocycles. The summed E-state index contributed by atoms with van der Waals surface area (Å²) in [5, 5.41) is 17.1. The Labute approximate surface area is 79.8 Å². The first-order valence-electron chi connectivity index (χ1n) is 3.08. The minimum absolute atomic E-state index is 0.187. The maximum Gasteiger partial charge on any atom is 0.308 e. The van der Waals surface area contributed by atoms with Crippen LogP contribution in [0.5, 0.6) is 0 Å². The van der Waals surface area contributed by atoms with E-state index in [1.165, 1.54) is 23.5 Å². The van der Waals surface area contributed by atoms with Crippen LogP contribution in [-0.4, -0.2) is 23.6 Å². The number of thioether (sulfide) groups is 2. The van der Waals surface area contributed by atoms with Gasteiger partial charge in [-0.05, 0) is 12.5 Å². The molecule has 3 nitrogen and oxygen atoms in total. The molecule has 0 bridgehead atoms. The first-order chi connectivity index (χ1) is 5.65. The summed E-state index contributed by atoms with van der Waals surface area (Å²) in [7, 11) is 0. The molecule has 0 aliphatic heterocycles. The maximum absolute atomic E-state index is 10.3. The zero-order chi connectivity index (χ0) is 9.56. The van der Waals surface area contributed by atoms with Gasteiger partial charge in [-0.15, -0.1) is 23.5 Å². The number of nitriles is 1. The van der Waals surface area contributed by atoms with Crippen LogP contribution in [0.1, 0.15) is 6.42 Å². The van der Waals surface area contributed by atoms with Gasteiger partial charge in [0, 0.05) is 0 Å². The summed E-state index contributed by atoms with van der Waals surface area (Å²) in [5.41, 5.74) is 0.336. The zero-order valence-electron chi connectivity index (χ0n) is 6.83. The second-order valence-electron chi connectivity index (χ2n) is 1.86. The fraction of sp³-hybridized carbons (Fsp3) is 0.429. The van der Waals surface area contributed by atoms with Crippen molar-refractivity contribution in [2.45, 2.75) is 6.42 Å².